The smallest absolute Gasteiger partial charge is 0.344 e. The van der Waals surface area contributed by atoms with Crippen molar-refractivity contribution in [3.63, 3.8) is 0 Å². The molecule has 2 nitrogen and oxygen atoms in total. The van der Waals surface area contributed by atoms with E-state index in [9.17, 15) is 22.4 Å². The molecule has 2 aromatic carbocycles. The lowest BCUT2D eigenvalue weighted by molar-refractivity contribution is 0.0587. The monoisotopic (exact) mass is 352 g/mol. The van der Waals surface area contributed by atoms with Crippen molar-refractivity contribution in [2.24, 2.45) is 0 Å². The number of esters is 1. The molecule has 22 heavy (non-hydrogen) atoms. The van der Waals surface area contributed by atoms with Crippen LogP contribution in [0.25, 0.3) is 11.1 Å². The predicted octanol–water partition coefficient (Wildman–Crippen LogP) is 5.00. The van der Waals surface area contributed by atoms with Gasteiger partial charge in [0.1, 0.15) is 5.56 Å². The molecular formula is C14H6Cl2F4O2. The van der Waals surface area contributed by atoms with Crippen molar-refractivity contribution in [2.45, 2.75) is 0 Å². The zero-order chi connectivity index (χ0) is 16.6. The van der Waals surface area contributed by atoms with Crippen molar-refractivity contribution in [2.75, 3.05) is 7.11 Å². The fourth-order valence-corrected chi connectivity index (χ4v) is 2.12. The van der Waals surface area contributed by atoms with Gasteiger partial charge in [-0.15, -0.1) is 0 Å². The largest absolute Gasteiger partial charge is 0.465 e. The van der Waals surface area contributed by atoms with Gasteiger partial charge in [-0.3, -0.25) is 0 Å². The maximum atomic E-state index is 14.1. The van der Waals surface area contributed by atoms with Gasteiger partial charge in [-0.2, -0.15) is 0 Å². The number of carbonyl (C=O) groups excluding carboxylic acids is 1. The van der Waals surface area contributed by atoms with E-state index in [-0.39, 0.29) is 15.6 Å². The molecule has 0 aliphatic rings. The zero-order valence-electron chi connectivity index (χ0n) is 10.8. The molecule has 8 heteroatoms. The summed E-state index contributed by atoms with van der Waals surface area (Å²) in [6.07, 6.45) is 0. The molecule has 0 atom stereocenters. The molecule has 0 radical (unpaired) electrons. The summed E-state index contributed by atoms with van der Waals surface area (Å²) < 4.78 is 59.9. The summed E-state index contributed by atoms with van der Waals surface area (Å²) in [5.74, 6) is -8.72. The normalized spacial score (nSPS) is 10.7. The Morgan fingerprint density at radius 1 is 0.955 bits per heavy atom. The number of rotatable bonds is 2. The van der Waals surface area contributed by atoms with Gasteiger partial charge < -0.3 is 4.74 Å². The number of benzene rings is 2. The van der Waals surface area contributed by atoms with E-state index < -0.39 is 40.4 Å². The van der Waals surface area contributed by atoms with Crippen molar-refractivity contribution >= 4 is 29.2 Å². The summed E-state index contributed by atoms with van der Waals surface area (Å²) in [5, 5.41) is 0.0363. The van der Waals surface area contributed by atoms with Gasteiger partial charge in [-0.1, -0.05) is 29.3 Å². The number of carbonyl (C=O) groups is 1. The Kier molecular flexibility index (Phi) is 4.63. The van der Waals surface area contributed by atoms with E-state index in [1.54, 1.807) is 0 Å². The van der Waals surface area contributed by atoms with E-state index in [0.29, 0.717) is 0 Å². The second-order valence-electron chi connectivity index (χ2n) is 4.13. The van der Waals surface area contributed by atoms with Gasteiger partial charge in [0.15, 0.2) is 23.3 Å². The molecule has 0 saturated heterocycles. The summed E-state index contributed by atoms with van der Waals surface area (Å²) in [7, 11) is 0.823. The molecule has 0 aliphatic heterocycles. The lowest BCUT2D eigenvalue weighted by Gasteiger charge is -2.11. The maximum Gasteiger partial charge on any atom is 0.344 e. The van der Waals surface area contributed by atoms with Crippen LogP contribution in [0.2, 0.25) is 10.0 Å². The third-order valence-electron chi connectivity index (χ3n) is 2.86. The molecule has 0 amide bonds. The third kappa shape index (κ3) is 2.64. The van der Waals surface area contributed by atoms with E-state index >= 15 is 0 Å². The van der Waals surface area contributed by atoms with Crippen LogP contribution in [-0.4, -0.2) is 13.1 Å². The highest BCUT2D eigenvalue weighted by Gasteiger charge is 2.30. The lowest BCUT2D eigenvalue weighted by Crippen LogP contribution is -2.13. The number of ether oxygens (including phenoxy) is 1. The number of halogens is 6. The van der Waals surface area contributed by atoms with Crippen LogP contribution in [0.5, 0.6) is 0 Å². The Morgan fingerprint density at radius 3 is 1.95 bits per heavy atom. The van der Waals surface area contributed by atoms with Crippen molar-refractivity contribution in [3.8, 4) is 11.1 Å². The van der Waals surface area contributed by atoms with Crippen LogP contribution >= 0.6 is 23.2 Å². The second-order valence-corrected chi connectivity index (χ2v) is 4.94. The average molecular weight is 353 g/mol. The van der Waals surface area contributed by atoms with Crippen molar-refractivity contribution in [1.82, 2.24) is 0 Å². The average Bonchev–Trinajstić information content (AvgIpc) is 2.49. The topological polar surface area (TPSA) is 26.3 Å². The predicted molar refractivity (Wildman–Crippen MR) is 73.1 cm³/mol. The molecule has 2 aromatic rings. The highest BCUT2D eigenvalue weighted by atomic mass is 35.5. The van der Waals surface area contributed by atoms with Crippen LogP contribution in [-0.2, 0) is 4.74 Å². The minimum absolute atomic E-state index is 0.0594. The summed E-state index contributed by atoms with van der Waals surface area (Å²) in [6, 6.07) is 3.39. The molecule has 0 N–H and O–H groups in total. The van der Waals surface area contributed by atoms with Gasteiger partial charge in [-0.05, 0) is 17.7 Å². The Bertz CT molecular complexity index is 749. The van der Waals surface area contributed by atoms with E-state index in [4.69, 9.17) is 23.2 Å². The Hall–Kier alpha value is -1.79. The molecule has 0 aromatic heterocycles. The first-order chi connectivity index (χ1) is 10.3. The molecule has 0 fully saturated rings. The molecule has 0 spiro atoms. The molecule has 0 heterocycles. The summed E-state index contributed by atoms with van der Waals surface area (Å²) in [5.41, 5.74) is -2.68. The summed E-state index contributed by atoms with van der Waals surface area (Å²) >= 11 is 11.4. The Labute approximate surface area is 132 Å². The molecule has 0 saturated carbocycles. The van der Waals surface area contributed by atoms with Gasteiger partial charge >= 0.3 is 5.97 Å². The van der Waals surface area contributed by atoms with Crippen LogP contribution in [0.15, 0.2) is 18.2 Å². The second kappa shape index (κ2) is 6.14. The molecule has 2 rings (SSSR count). The first-order valence-corrected chi connectivity index (χ1v) is 6.44. The Morgan fingerprint density at radius 2 is 1.50 bits per heavy atom. The van der Waals surface area contributed by atoms with Gasteiger partial charge in [0.05, 0.1) is 22.7 Å². The minimum atomic E-state index is -1.85. The number of hydrogen-bond acceptors (Lipinski definition) is 2. The van der Waals surface area contributed by atoms with Crippen LogP contribution in [0.3, 0.4) is 0 Å². The van der Waals surface area contributed by atoms with Gasteiger partial charge in [0, 0.05) is 0 Å². The van der Waals surface area contributed by atoms with Gasteiger partial charge in [0.2, 0.25) is 0 Å². The minimum Gasteiger partial charge on any atom is -0.465 e. The van der Waals surface area contributed by atoms with Crippen LogP contribution < -0.4 is 0 Å². The van der Waals surface area contributed by atoms with Crippen molar-refractivity contribution in [3.05, 3.63) is 57.1 Å². The molecule has 0 unspecified atom stereocenters. The fourth-order valence-electron chi connectivity index (χ4n) is 1.82. The molecule has 0 bridgehead atoms. The standard InChI is InChI=1S/C14H6Cl2F4O2/c1-22-14(21)9-12(19)10(17)8(11(18)13(9)20)5-2-3-6(15)7(16)4-5/h2-4H,1H3. The highest BCUT2D eigenvalue weighted by Crippen LogP contribution is 2.35. The van der Waals surface area contributed by atoms with Crippen molar-refractivity contribution in [1.29, 1.82) is 0 Å². The van der Waals surface area contributed by atoms with Crippen LogP contribution in [0, 0.1) is 23.3 Å². The number of hydrogen-bond donors (Lipinski definition) is 0. The van der Waals surface area contributed by atoms with Gasteiger partial charge in [0.25, 0.3) is 0 Å². The highest BCUT2D eigenvalue weighted by molar-refractivity contribution is 6.42. The zero-order valence-corrected chi connectivity index (χ0v) is 12.3. The van der Waals surface area contributed by atoms with E-state index in [1.165, 1.54) is 6.07 Å². The lowest BCUT2D eigenvalue weighted by atomic mass is 10.0. The third-order valence-corrected chi connectivity index (χ3v) is 3.60. The first-order valence-electron chi connectivity index (χ1n) is 5.69. The van der Waals surface area contributed by atoms with E-state index in [2.05, 4.69) is 4.74 Å². The van der Waals surface area contributed by atoms with Crippen LogP contribution in [0.4, 0.5) is 17.6 Å². The SMILES string of the molecule is COC(=O)c1c(F)c(F)c(-c2ccc(Cl)c(Cl)c2)c(F)c1F. The summed E-state index contributed by atoms with van der Waals surface area (Å²) in [4.78, 5) is 11.2. The van der Waals surface area contributed by atoms with Crippen LogP contribution in [0.1, 0.15) is 10.4 Å². The Balaban J connectivity index is 2.78. The first kappa shape index (κ1) is 16.6. The van der Waals surface area contributed by atoms with E-state index in [1.807, 2.05) is 0 Å². The van der Waals surface area contributed by atoms with E-state index in [0.717, 1.165) is 19.2 Å². The molecular weight excluding hydrogens is 347 g/mol. The quantitative estimate of drug-likeness (QED) is 0.431. The fraction of sp³-hybridized carbons (Fsp3) is 0.0714. The molecule has 116 valence electrons. The number of methoxy groups -OCH3 is 1. The van der Waals surface area contributed by atoms with Crippen molar-refractivity contribution < 1.29 is 27.1 Å². The summed E-state index contributed by atoms with van der Waals surface area (Å²) in [6.45, 7) is 0. The molecule has 0 aliphatic carbocycles. The maximum absolute atomic E-state index is 14.1. The van der Waals surface area contributed by atoms with Gasteiger partial charge in [-0.25, -0.2) is 22.4 Å².